The molecule has 0 aliphatic carbocycles. The first-order chi connectivity index (χ1) is 8.86. The average molecular weight is 255 g/mol. The first-order valence-corrected chi connectivity index (χ1v) is 6.33. The highest BCUT2D eigenvalue weighted by atomic mass is 32.1. The van der Waals surface area contributed by atoms with Crippen LogP contribution in [0.3, 0.4) is 0 Å². The van der Waals surface area contributed by atoms with Crippen molar-refractivity contribution in [3.05, 3.63) is 54.0 Å². The van der Waals surface area contributed by atoms with Crippen LogP contribution >= 0.6 is 12.2 Å². The molecule has 18 heavy (non-hydrogen) atoms. The maximum absolute atomic E-state index is 4.91. The number of nitrogens with one attached hydrogen (secondary N) is 2. The number of aromatic nitrogens is 1. The van der Waals surface area contributed by atoms with Gasteiger partial charge in [0.1, 0.15) is 6.17 Å². The molecule has 2 heterocycles. The number of allylic oxidation sites excluding steroid dienone is 1. The maximum Gasteiger partial charge on any atom is 0.126 e. The molecule has 1 aromatic heterocycles. The Morgan fingerprint density at radius 1 is 1.28 bits per heavy atom. The van der Waals surface area contributed by atoms with Gasteiger partial charge in [-0.25, -0.2) is 0 Å². The average Bonchev–Trinajstić information content (AvgIpc) is 2.87. The van der Waals surface area contributed by atoms with Gasteiger partial charge in [0.25, 0.3) is 0 Å². The van der Waals surface area contributed by atoms with E-state index < -0.39 is 0 Å². The molecule has 0 saturated heterocycles. The lowest BCUT2D eigenvalue weighted by Crippen LogP contribution is -2.32. The minimum absolute atomic E-state index is 0.0675. The molecule has 0 bridgehead atoms. The monoisotopic (exact) mass is 255 g/mol. The third-order valence-corrected chi connectivity index (χ3v) is 3.28. The molecule has 1 aromatic carbocycles. The van der Waals surface area contributed by atoms with Gasteiger partial charge in [-0.05, 0) is 11.6 Å². The van der Waals surface area contributed by atoms with E-state index >= 15 is 0 Å². The van der Waals surface area contributed by atoms with E-state index in [1.807, 2.05) is 18.5 Å². The molecule has 3 nitrogen and oxygen atoms in total. The zero-order valence-electron chi connectivity index (χ0n) is 9.76. The number of nitrogens with zero attached hydrogens (tertiary/aromatic N) is 1. The van der Waals surface area contributed by atoms with E-state index in [0.717, 1.165) is 17.6 Å². The van der Waals surface area contributed by atoms with Gasteiger partial charge in [0.15, 0.2) is 0 Å². The van der Waals surface area contributed by atoms with Gasteiger partial charge >= 0.3 is 0 Å². The second-order valence-corrected chi connectivity index (χ2v) is 4.54. The smallest absolute Gasteiger partial charge is 0.126 e. The molecule has 90 valence electrons. The van der Waals surface area contributed by atoms with E-state index in [-0.39, 0.29) is 6.17 Å². The molecule has 1 atom stereocenters. The van der Waals surface area contributed by atoms with Crippen LogP contribution in [-0.4, -0.2) is 16.5 Å². The molecule has 2 N–H and O–H groups in total. The van der Waals surface area contributed by atoms with Crippen molar-refractivity contribution in [2.45, 2.75) is 12.6 Å². The lowest BCUT2D eigenvalue weighted by Gasteiger charge is -2.09. The normalized spacial score (nSPS) is 18.0. The summed E-state index contributed by atoms with van der Waals surface area (Å²) in [4.78, 5) is 4.46. The van der Waals surface area contributed by atoms with E-state index in [9.17, 15) is 0 Å². The number of hydrogen-bond acceptors (Lipinski definition) is 4. The molecule has 1 aliphatic heterocycles. The molecule has 0 fully saturated rings. The SMILES string of the molecule is S=CC1NC=C(Cc2cccc3cccnc23)N1. The van der Waals surface area contributed by atoms with Crippen LogP contribution in [0.5, 0.6) is 0 Å². The molecule has 4 heteroatoms. The molecule has 0 saturated carbocycles. The first-order valence-electron chi connectivity index (χ1n) is 5.86. The lowest BCUT2D eigenvalue weighted by atomic mass is 10.1. The molecule has 3 rings (SSSR count). The first kappa shape index (κ1) is 11.2. The van der Waals surface area contributed by atoms with Crippen LogP contribution in [0.15, 0.2) is 48.4 Å². The van der Waals surface area contributed by atoms with Crippen molar-refractivity contribution in [2.24, 2.45) is 0 Å². The van der Waals surface area contributed by atoms with E-state index in [0.29, 0.717) is 0 Å². The van der Waals surface area contributed by atoms with Crippen LogP contribution < -0.4 is 10.6 Å². The summed E-state index contributed by atoms with van der Waals surface area (Å²) in [6.45, 7) is 0. The molecular weight excluding hydrogens is 242 g/mol. The Labute approximate surface area is 111 Å². The van der Waals surface area contributed by atoms with Gasteiger partial charge in [0.2, 0.25) is 0 Å². The van der Waals surface area contributed by atoms with Gasteiger partial charge < -0.3 is 10.6 Å². The summed E-state index contributed by atoms with van der Waals surface area (Å²) >= 11 is 4.91. The fourth-order valence-electron chi connectivity index (χ4n) is 2.16. The van der Waals surface area contributed by atoms with Crippen molar-refractivity contribution < 1.29 is 0 Å². The summed E-state index contributed by atoms with van der Waals surface area (Å²) in [6.07, 6.45) is 4.72. The summed E-state index contributed by atoms with van der Waals surface area (Å²) < 4.78 is 0. The van der Waals surface area contributed by atoms with E-state index in [2.05, 4.69) is 39.9 Å². The van der Waals surface area contributed by atoms with Gasteiger partial charge in [0.05, 0.1) is 5.52 Å². The number of fused-ring (bicyclic) bond motifs is 1. The van der Waals surface area contributed by atoms with Gasteiger partial charge in [-0.1, -0.05) is 36.5 Å². The van der Waals surface area contributed by atoms with Crippen molar-refractivity contribution in [3.63, 3.8) is 0 Å². The Kier molecular flexibility index (Phi) is 2.94. The third-order valence-electron chi connectivity index (χ3n) is 3.01. The highest BCUT2D eigenvalue weighted by Crippen LogP contribution is 2.18. The highest BCUT2D eigenvalue weighted by molar-refractivity contribution is 7.79. The number of hydrogen-bond donors (Lipinski definition) is 2. The Hall–Kier alpha value is -1.94. The van der Waals surface area contributed by atoms with Crippen LogP contribution in [-0.2, 0) is 6.42 Å². The molecule has 1 unspecified atom stereocenters. The van der Waals surface area contributed by atoms with Crippen molar-refractivity contribution >= 4 is 28.5 Å². The fourth-order valence-corrected chi connectivity index (χ4v) is 2.31. The van der Waals surface area contributed by atoms with Crippen molar-refractivity contribution in [1.82, 2.24) is 15.6 Å². The predicted octanol–water partition coefficient (Wildman–Crippen LogP) is 2.14. The maximum atomic E-state index is 4.91. The largest absolute Gasteiger partial charge is 0.366 e. The zero-order chi connectivity index (χ0) is 12.4. The van der Waals surface area contributed by atoms with Crippen LogP contribution in [0.25, 0.3) is 10.9 Å². The quantitative estimate of drug-likeness (QED) is 0.824. The summed E-state index contributed by atoms with van der Waals surface area (Å²) in [5.74, 6) is 0. The second kappa shape index (κ2) is 4.74. The van der Waals surface area contributed by atoms with Crippen LogP contribution in [0, 0.1) is 0 Å². The molecule has 0 spiro atoms. The van der Waals surface area contributed by atoms with E-state index in [1.165, 1.54) is 10.9 Å². The van der Waals surface area contributed by atoms with Gasteiger partial charge in [0, 0.05) is 35.3 Å². The number of benzene rings is 1. The minimum atomic E-state index is 0.0675. The summed E-state index contributed by atoms with van der Waals surface area (Å²) in [7, 11) is 0. The van der Waals surface area contributed by atoms with Crippen LogP contribution in [0.4, 0.5) is 0 Å². The van der Waals surface area contributed by atoms with Crippen LogP contribution in [0.1, 0.15) is 5.56 Å². The minimum Gasteiger partial charge on any atom is -0.366 e. The van der Waals surface area contributed by atoms with Gasteiger partial charge in [-0.2, -0.15) is 0 Å². The lowest BCUT2D eigenvalue weighted by molar-refractivity contribution is 0.716. The van der Waals surface area contributed by atoms with Crippen molar-refractivity contribution in [1.29, 1.82) is 0 Å². The van der Waals surface area contributed by atoms with E-state index in [4.69, 9.17) is 12.2 Å². The third kappa shape index (κ3) is 2.07. The van der Waals surface area contributed by atoms with Crippen LogP contribution in [0.2, 0.25) is 0 Å². The number of para-hydroxylation sites is 1. The Balaban J connectivity index is 1.89. The summed E-state index contributed by atoms with van der Waals surface area (Å²) in [5, 5.41) is 9.35. The fraction of sp³-hybridized carbons (Fsp3) is 0.143. The van der Waals surface area contributed by atoms with E-state index in [1.54, 1.807) is 5.37 Å². The van der Waals surface area contributed by atoms with Gasteiger partial charge in [-0.3, -0.25) is 4.98 Å². The Morgan fingerprint density at radius 3 is 3.00 bits per heavy atom. The Morgan fingerprint density at radius 2 is 2.17 bits per heavy atom. The van der Waals surface area contributed by atoms with Crippen molar-refractivity contribution in [2.75, 3.05) is 0 Å². The predicted molar refractivity (Wildman–Crippen MR) is 77.2 cm³/mol. The molecule has 2 aromatic rings. The summed E-state index contributed by atoms with van der Waals surface area (Å²) in [5.41, 5.74) is 3.42. The molecule has 1 aliphatic rings. The molecule has 0 radical (unpaired) electrons. The molecule has 0 amide bonds. The number of pyridine rings is 1. The standard InChI is InChI=1S/C14H13N3S/c18-9-13-16-8-12(17-13)7-11-4-1-3-10-5-2-6-15-14(10)11/h1-6,8-9,13,16-17H,7H2. The zero-order valence-corrected chi connectivity index (χ0v) is 10.6. The topological polar surface area (TPSA) is 37.0 Å². The molecular formula is C14H13N3S. The highest BCUT2D eigenvalue weighted by Gasteiger charge is 2.13. The van der Waals surface area contributed by atoms with Gasteiger partial charge in [-0.15, -0.1) is 0 Å². The number of thiocarbonyl (C=S) groups is 1. The summed E-state index contributed by atoms with van der Waals surface area (Å²) in [6, 6.07) is 10.3. The Bertz CT molecular complexity index is 616. The second-order valence-electron chi connectivity index (χ2n) is 4.26. The number of rotatable bonds is 3. The van der Waals surface area contributed by atoms with Crippen molar-refractivity contribution in [3.8, 4) is 0 Å².